The second kappa shape index (κ2) is 4.49. The zero-order valence-corrected chi connectivity index (χ0v) is 6.62. The van der Waals surface area contributed by atoms with Gasteiger partial charge in [-0.2, -0.15) is 0 Å². The Kier molecular flexibility index (Phi) is 3.56. The second-order valence-corrected chi connectivity index (χ2v) is 2.45. The van der Waals surface area contributed by atoms with Crippen LogP contribution < -0.4 is 0 Å². The van der Waals surface area contributed by atoms with Crippen LogP contribution in [0.15, 0.2) is 13.2 Å². The standard InChI is InChI=1S/C6H10O3.C2H4/c1(5-3-8-5)7-2-6-4-9-6;1-2/h5-6H,1-4H2;1-2H2. The van der Waals surface area contributed by atoms with Crippen LogP contribution in [0.3, 0.4) is 0 Å². The average molecular weight is 158 g/mol. The third-order valence-corrected chi connectivity index (χ3v) is 1.41. The molecule has 0 aromatic rings. The number of hydrogen-bond acceptors (Lipinski definition) is 3. The fourth-order valence-electron chi connectivity index (χ4n) is 0.659. The third-order valence-electron chi connectivity index (χ3n) is 1.41. The summed E-state index contributed by atoms with van der Waals surface area (Å²) in [6, 6.07) is 0. The first-order valence-electron chi connectivity index (χ1n) is 3.76. The molecule has 2 aliphatic rings. The molecule has 0 saturated carbocycles. The van der Waals surface area contributed by atoms with Gasteiger partial charge in [0.05, 0.1) is 26.4 Å². The molecular weight excluding hydrogens is 144 g/mol. The van der Waals surface area contributed by atoms with E-state index in [1.165, 1.54) is 0 Å². The summed E-state index contributed by atoms with van der Waals surface area (Å²) in [4.78, 5) is 0. The van der Waals surface area contributed by atoms with Crippen molar-refractivity contribution in [1.82, 2.24) is 0 Å². The predicted octanol–water partition coefficient (Wildman–Crippen LogP) is 0.603. The lowest BCUT2D eigenvalue weighted by Gasteiger charge is -1.95. The average Bonchev–Trinajstić information content (AvgIpc) is 2.86. The molecule has 0 aliphatic carbocycles. The number of ether oxygens (including phenoxy) is 3. The molecule has 0 aromatic heterocycles. The molecule has 0 N–H and O–H groups in total. The van der Waals surface area contributed by atoms with Crippen LogP contribution in [-0.4, -0.2) is 38.6 Å². The number of rotatable bonds is 4. The van der Waals surface area contributed by atoms with Crippen LogP contribution in [0.2, 0.25) is 0 Å². The molecule has 3 nitrogen and oxygen atoms in total. The van der Waals surface area contributed by atoms with Crippen LogP contribution >= 0.6 is 0 Å². The second-order valence-electron chi connectivity index (χ2n) is 2.45. The lowest BCUT2D eigenvalue weighted by Crippen LogP contribution is -2.06. The van der Waals surface area contributed by atoms with Crippen molar-refractivity contribution in [2.45, 2.75) is 12.2 Å². The van der Waals surface area contributed by atoms with Crippen molar-refractivity contribution in [1.29, 1.82) is 0 Å². The van der Waals surface area contributed by atoms with E-state index in [4.69, 9.17) is 14.2 Å². The summed E-state index contributed by atoms with van der Waals surface area (Å²) in [5.74, 6) is 0. The summed E-state index contributed by atoms with van der Waals surface area (Å²) in [5.41, 5.74) is 0. The Morgan fingerprint density at radius 3 is 1.73 bits per heavy atom. The summed E-state index contributed by atoms with van der Waals surface area (Å²) in [6.45, 7) is 9.26. The maximum Gasteiger partial charge on any atom is 0.104 e. The van der Waals surface area contributed by atoms with Gasteiger partial charge in [0.25, 0.3) is 0 Å². The normalized spacial score (nSPS) is 32.0. The van der Waals surface area contributed by atoms with Gasteiger partial charge < -0.3 is 14.2 Å². The molecule has 0 bridgehead atoms. The molecule has 0 radical (unpaired) electrons. The zero-order valence-electron chi connectivity index (χ0n) is 6.62. The minimum Gasteiger partial charge on any atom is -0.376 e. The minimum absolute atomic E-state index is 0.392. The van der Waals surface area contributed by atoms with Gasteiger partial charge in [-0.3, -0.25) is 0 Å². The van der Waals surface area contributed by atoms with E-state index < -0.39 is 0 Å². The van der Waals surface area contributed by atoms with Gasteiger partial charge in [0.15, 0.2) is 0 Å². The highest BCUT2D eigenvalue weighted by atomic mass is 16.6. The minimum atomic E-state index is 0.392. The Morgan fingerprint density at radius 1 is 1.09 bits per heavy atom. The van der Waals surface area contributed by atoms with E-state index in [-0.39, 0.29) is 0 Å². The fourth-order valence-corrected chi connectivity index (χ4v) is 0.659. The summed E-state index contributed by atoms with van der Waals surface area (Å²) in [6.07, 6.45) is 0.785. The quantitative estimate of drug-likeness (QED) is 0.444. The Bertz CT molecular complexity index is 95.9. The van der Waals surface area contributed by atoms with Crippen molar-refractivity contribution in [3.8, 4) is 0 Å². The van der Waals surface area contributed by atoms with E-state index >= 15 is 0 Å². The SMILES string of the molecule is C(OCC1CO1)C1CO1.C=C. The first-order valence-corrected chi connectivity index (χ1v) is 3.76. The maximum atomic E-state index is 5.23. The molecule has 2 heterocycles. The van der Waals surface area contributed by atoms with E-state index in [1.807, 2.05) is 0 Å². The van der Waals surface area contributed by atoms with Gasteiger partial charge in [0.1, 0.15) is 12.2 Å². The summed E-state index contributed by atoms with van der Waals surface area (Å²) < 4.78 is 15.1. The highest BCUT2D eigenvalue weighted by Crippen LogP contribution is 2.12. The van der Waals surface area contributed by atoms with E-state index in [0.29, 0.717) is 12.2 Å². The largest absolute Gasteiger partial charge is 0.376 e. The predicted molar refractivity (Wildman–Crippen MR) is 41.6 cm³/mol. The van der Waals surface area contributed by atoms with Crippen LogP contribution in [0, 0.1) is 0 Å². The topological polar surface area (TPSA) is 34.3 Å². The van der Waals surface area contributed by atoms with Crippen molar-refractivity contribution < 1.29 is 14.2 Å². The van der Waals surface area contributed by atoms with Crippen molar-refractivity contribution in [3.63, 3.8) is 0 Å². The number of hydrogen-bond donors (Lipinski definition) is 0. The molecule has 2 saturated heterocycles. The van der Waals surface area contributed by atoms with Crippen LogP contribution in [0.4, 0.5) is 0 Å². The zero-order chi connectivity index (χ0) is 8.10. The lowest BCUT2D eigenvalue weighted by molar-refractivity contribution is 0.102. The maximum absolute atomic E-state index is 5.23. The smallest absolute Gasteiger partial charge is 0.104 e. The van der Waals surface area contributed by atoms with Gasteiger partial charge >= 0.3 is 0 Å². The first kappa shape index (κ1) is 8.71. The molecule has 2 atom stereocenters. The molecule has 0 aromatic carbocycles. The molecule has 64 valence electrons. The molecule has 2 fully saturated rings. The molecule has 2 aliphatic heterocycles. The van der Waals surface area contributed by atoms with Gasteiger partial charge in [-0.1, -0.05) is 0 Å². The molecular formula is C8H14O3. The third kappa shape index (κ3) is 4.14. The van der Waals surface area contributed by atoms with Crippen molar-refractivity contribution in [2.24, 2.45) is 0 Å². The molecule has 2 rings (SSSR count). The summed E-state index contributed by atoms with van der Waals surface area (Å²) in [7, 11) is 0. The van der Waals surface area contributed by atoms with Gasteiger partial charge in [-0.15, -0.1) is 13.2 Å². The number of epoxide rings is 2. The van der Waals surface area contributed by atoms with Crippen molar-refractivity contribution in [3.05, 3.63) is 13.2 Å². The van der Waals surface area contributed by atoms with Crippen LogP contribution in [-0.2, 0) is 14.2 Å². The highest BCUT2D eigenvalue weighted by molar-refractivity contribution is 4.71. The summed E-state index contributed by atoms with van der Waals surface area (Å²) >= 11 is 0. The van der Waals surface area contributed by atoms with E-state index in [2.05, 4.69) is 13.2 Å². The molecule has 0 spiro atoms. The Hall–Kier alpha value is -0.380. The van der Waals surface area contributed by atoms with E-state index in [0.717, 1.165) is 26.4 Å². The molecule has 0 amide bonds. The summed E-state index contributed by atoms with van der Waals surface area (Å²) in [5, 5.41) is 0. The van der Waals surface area contributed by atoms with Gasteiger partial charge in [0.2, 0.25) is 0 Å². The Balaban J connectivity index is 0.000000281. The van der Waals surface area contributed by atoms with Crippen LogP contribution in [0.25, 0.3) is 0 Å². The van der Waals surface area contributed by atoms with E-state index in [9.17, 15) is 0 Å². The molecule has 2 unspecified atom stereocenters. The van der Waals surface area contributed by atoms with Crippen LogP contribution in [0.5, 0.6) is 0 Å². The lowest BCUT2D eigenvalue weighted by atomic mass is 10.5. The van der Waals surface area contributed by atoms with E-state index in [1.54, 1.807) is 0 Å². The van der Waals surface area contributed by atoms with Crippen molar-refractivity contribution in [2.75, 3.05) is 26.4 Å². The molecule has 11 heavy (non-hydrogen) atoms. The molecule has 3 heteroatoms. The first-order chi connectivity index (χ1) is 5.45. The highest BCUT2D eigenvalue weighted by Gasteiger charge is 2.26. The van der Waals surface area contributed by atoms with Crippen molar-refractivity contribution >= 4 is 0 Å². The van der Waals surface area contributed by atoms with Gasteiger partial charge in [-0.05, 0) is 0 Å². The van der Waals surface area contributed by atoms with Gasteiger partial charge in [-0.25, -0.2) is 0 Å². The fraction of sp³-hybridized carbons (Fsp3) is 0.750. The Morgan fingerprint density at radius 2 is 1.45 bits per heavy atom. The Labute approximate surface area is 66.9 Å². The van der Waals surface area contributed by atoms with Crippen LogP contribution in [0.1, 0.15) is 0 Å². The van der Waals surface area contributed by atoms with Gasteiger partial charge in [0, 0.05) is 0 Å². The monoisotopic (exact) mass is 158 g/mol.